The molecule has 0 bridgehead atoms. The van der Waals surface area contributed by atoms with Gasteiger partial charge in [0.1, 0.15) is 11.9 Å². The van der Waals surface area contributed by atoms with E-state index in [9.17, 15) is 9.50 Å². The number of rotatable bonds is 5. The van der Waals surface area contributed by atoms with Crippen molar-refractivity contribution in [3.8, 4) is 0 Å². The van der Waals surface area contributed by atoms with E-state index in [0.29, 0.717) is 13.2 Å². The molecule has 4 heteroatoms. The van der Waals surface area contributed by atoms with Gasteiger partial charge in [0.25, 0.3) is 0 Å². The van der Waals surface area contributed by atoms with Gasteiger partial charge in [0.15, 0.2) is 0 Å². The van der Waals surface area contributed by atoms with Crippen molar-refractivity contribution in [3.05, 3.63) is 35.0 Å². The van der Waals surface area contributed by atoms with Crippen LogP contribution >= 0.6 is 11.3 Å². The van der Waals surface area contributed by atoms with Gasteiger partial charge in [-0.05, 0) is 36.1 Å². The zero-order valence-electron chi connectivity index (χ0n) is 9.65. The Hall–Kier alpha value is -0.970. The highest BCUT2D eigenvalue weighted by Crippen LogP contribution is 2.30. The molecule has 0 fully saturated rings. The quantitative estimate of drug-likeness (QED) is 0.827. The standard InChI is InChI=1S/C13H15FO2S/c1-2-5-16-8-11(15)13-7-9-6-10(14)3-4-12(9)17-13/h3-4,6-7,11,15H,2,5,8H2,1H3. The lowest BCUT2D eigenvalue weighted by molar-refractivity contribution is 0.0382. The Morgan fingerprint density at radius 3 is 3.00 bits per heavy atom. The molecule has 0 spiro atoms. The summed E-state index contributed by atoms with van der Waals surface area (Å²) in [5.74, 6) is -0.251. The molecule has 0 radical (unpaired) electrons. The van der Waals surface area contributed by atoms with Gasteiger partial charge < -0.3 is 9.84 Å². The fraction of sp³-hybridized carbons (Fsp3) is 0.385. The van der Waals surface area contributed by atoms with E-state index in [4.69, 9.17) is 4.74 Å². The highest BCUT2D eigenvalue weighted by Gasteiger charge is 2.11. The summed E-state index contributed by atoms with van der Waals surface area (Å²) in [5, 5.41) is 10.7. The topological polar surface area (TPSA) is 29.5 Å². The minimum atomic E-state index is -0.623. The number of hydrogen-bond donors (Lipinski definition) is 1. The van der Waals surface area contributed by atoms with E-state index in [1.54, 1.807) is 6.07 Å². The fourth-order valence-electron chi connectivity index (χ4n) is 1.62. The van der Waals surface area contributed by atoms with Gasteiger partial charge in [0.05, 0.1) is 6.61 Å². The average Bonchev–Trinajstić information content (AvgIpc) is 2.72. The lowest BCUT2D eigenvalue weighted by atomic mass is 10.2. The van der Waals surface area contributed by atoms with Gasteiger partial charge in [-0.25, -0.2) is 4.39 Å². The van der Waals surface area contributed by atoms with Crippen LogP contribution in [0.15, 0.2) is 24.3 Å². The van der Waals surface area contributed by atoms with Crippen molar-refractivity contribution < 1.29 is 14.2 Å². The summed E-state index contributed by atoms with van der Waals surface area (Å²) < 4.78 is 19.3. The predicted octanol–water partition coefficient (Wildman–Crippen LogP) is 3.50. The van der Waals surface area contributed by atoms with E-state index in [1.807, 2.05) is 13.0 Å². The largest absolute Gasteiger partial charge is 0.385 e. The molecule has 0 aliphatic carbocycles. The SMILES string of the molecule is CCCOCC(O)c1cc2cc(F)ccc2s1. The average molecular weight is 254 g/mol. The minimum absolute atomic E-state index is 0.251. The molecule has 1 atom stereocenters. The zero-order chi connectivity index (χ0) is 12.3. The Bertz CT molecular complexity index is 495. The number of ether oxygens (including phenoxy) is 1. The van der Waals surface area contributed by atoms with Gasteiger partial charge in [-0.2, -0.15) is 0 Å². The first-order valence-electron chi connectivity index (χ1n) is 5.65. The smallest absolute Gasteiger partial charge is 0.123 e. The lowest BCUT2D eigenvalue weighted by Crippen LogP contribution is -2.06. The van der Waals surface area contributed by atoms with Gasteiger partial charge >= 0.3 is 0 Å². The molecule has 0 saturated heterocycles. The third-order valence-electron chi connectivity index (χ3n) is 2.45. The van der Waals surface area contributed by atoms with Crippen molar-refractivity contribution >= 4 is 21.4 Å². The second kappa shape index (κ2) is 5.58. The van der Waals surface area contributed by atoms with Crippen LogP contribution in [0, 0.1) is 5.82 Å². The highest BCUT2D eigenvalue weighted by atomic mass is 32.1. The molecule has 0 aliphatic heterocycles. The van der Waals surface area contributed by atoms with E-state index >= 15 is 0 Å². The minimum Gasteiger partial charge on any atom is -0.385 e. The normalized spacial score (nSPS) is 13.1. The molecule has 1 N–H and O–H groups in total. The van der Waals surface area contributed by atoms with Crippen LogP contribution in [0.25, 0.3) is 10.1 Å². The summed E-state index contributed by atoms with van der Waals surface area (Å²) in [6.45, 7) is 2.97. The molecular weight excluding hydrogens is 239 g/mol. The second-order valence-corrected chi connectivity index (χ2v) is 5.04. The fourth-order valence-corrected chi connectivity index (χ4v) is 2.64. The zero-order valence-corrected chi connectivity index (χ0v) is 10.5. The predicted molar refractivity (Wildman–Crippen MR) is 67.9 cm³/mol. The third-order valence-corrected chi connectivity index (χ3v) is 3.67. The van der Waals surface area contributed by atoms with Crippen LogP contribution in [0.4, 0.5) is 4.39 Å². The maximum absolute atomic E-state index is 13.0. The number of halogens is 1. The Balaban J connectivity index is 2.12. The monoisotopic (exact) mass is 254 g/mol. The number of hydrogen-bond acceptors (Lipinski definition) is 3. The summed E-state index contributed by atoms with van der Waals surface area (Å²) in [7, 11) is 0. The van der Waals surface area contributed by atoms with Gasteiger partial charge in [-0.1, -0.05) is 6.92 Å². The Morgan fingerprint density at radius 1 is 1.41 bits per heavy atom. The van der Waals surface area contributed by atoms with Gasteiger partial charge in [-0.3, -0.25) is 0 Å². The van der Waals surface area contributed by atoms with E-state index in [2.05, 4.69) is 0 Å². The Morgan fingerprint density at radius 2 is 2.24 bits per heavy atom. The van der Waals surface area contributed by atoms with Crippen LogP contribution in [-0.4, -0.2) is 18.3 Å². The molecule has 92 valence electrons. The molecule has 2 aromatic rings. The molecular formula is C13H15FO2S. The highest BCUT2D eigenvalue weighted by molar-refractivity contribution is 7.19. The molecule has 0 saturated carbocycles. The van der Waals surface area contributed by atoms with E-state index in [1.165, 1.54) is 23.5 Å². The van der Waals surface area contributed by atoms with Crippen LogP contribution in [0.1, 0.15) is 24.3 Å². The second-order valence-electron chi connectivity index (χ2n) is 3.92. The van der Waals surface area contributed by atoms with Gasteiger partial charge in [0, 0.05) is 16.2 Å². The Labute approximate surface area is 104 Å². The van der Waals surface area contributed by atoms with Crippen molar-refractivity contribution in [2.45, 2.75) is 19.4 Å². The van der Waals surface area contributed by atoms with Crippen LogP contribution in [0.2, 0.25) is 0 Å². The molecule has 17 heavy (non-hydrogen) atoms. The number of fused-ring (bicyclic) bond motifs is 1. The molecule has 2 rings (SSSR count). The van der Waals surface area contributed by atoms with E-state index in [0.717, 1.165) is 21.4 Å². The molecule has 1 aromatic carbocycles. The number of aliphatic hydroxyl groups excluding tert-OH is 1. The van der Waals surface area contributed by atoms with Crippen molar-refractivity contribution in [2.24, 2.45) is 0 Å². The molecule has 0 aliphatic rings. The first-order valence-corrected chi connectivity index (χ1v) is 6.47. The van der Waals surface area contributed by atoms with Crippen molar-refractivity contribution in [1.82, 2.24) is 0 Å². The van der Waals surface area contributed by atoms with Crippen LogP contribution in [0.5, 0.6) is 0 Å². The summed E-state index contributed by atoms with van der Waals surface area (Å²) in [5.41, 5.74) is 0. The maximum Gasteiger partial charge on any atom is 0.123 e. The molecule has 1 unspecified atom stereocenters. The Kier molecular flexibility index (Phi) is 4.10. The lowest BCUT2D eigenvalue weighted by Gasteiger charge is -2.08. The molecule has 1 aromatic heterocycles. The number of benzene rings is 1. The van der Waals surface area contributed by atoms with Crippen LogP contribution in [-0.2, 0) is 4.74 Å². The maximum atomic E-state index is 13.0. The van der Waals surface area contributed by atoms with Gasteiger partial charge in [-0.15, -0.1) is 11.3 Å². The molecule has 0 amide bonds. The number of aliphatic hydroxyl groups is 1. The van der Waals surface area contributed by atoms with Crippen LogP contribution < -0.4 is 0 Å². The summed E-state index contributed by atoms with van der Waals surface area (Å²) >= 11 is 1.48. The third kappa shape index (κ3) is 3.03. The van der Waals surface area contributed by atoms with Crippen LogP contribution in [0.3, 0.4) is 0 Å². The summed E-state index contributed by atoms with van der Waals surface area (Å²) in [4.78, 5) is 0.821. The number of thiophene rings is 1. The van der Waals surface area contributed by atoms with Gasteiger partial charge in [0.2, 0.25) is 0 Å². The van der Waals surface area contributed by atoms with Crippen molar-refractivity contribution in [3.63, 3.8) is 0 Å². The van der Waals surface area contributed by atoms with Crippen molar-refractivity contribution in [1.29, 1.82) is 0 Å². The first-order chi connectivity index (χ1) is 8.20. The van der Waals surface area contributed by atoms with Crippen molar-refractivity contribution in [2.75, 3.05) is 13.2 Å². The molecule has 2 nitrogen and oxygen atoms in total. The first kappa shape index (κ1) is 12.5. The summed E-state index contributed by atoms with van der Waals surface area (Å²) in [6.07, 6.45) is 0.312. The van der Waals surface area contributed by atoms with E-state index < -0.39 is 6.10 Å². The summed E-state index contributed by atoms with van der Waals surface area (Å²) in [6, 6.07) is 6.47. The van der Waals surface area contributed by atoms with E-state index in [-0.39, 0.29) is 5.82 Å². The molecule has 1 heterocycles.